The quantitative estimate of drug-likeness (QED) is 0.891. The molecule has 1 aromatic heterocycles. The number of rotatable bonds is 3. The lowest BCUT2D eigenvalue weighted by atomic mass is 9.82. The molecule has 1 fully saturated rings. The summed E-state index contributed by atoms with van der Waals surface area (Å²) in [6.07, 6.45) is 4.65. The van der Waals surface area contributed by atoms with E-state index in [9.17, 15) is 4.79 Å². The Balaban J connectivity index is 0.00000192. The zero-order chi connectivity index (χ0) is 15.6. The number of nitrogens with zero attached hydrogens (tertiary/aromatic N) is 4. The van der Waals surface area contributed by atoms with Gasteiger partial charge in [-0.2, -0.15) is 0 Å². The van der Waals surface area contributed by atoms with Crippen molar-refractivity contribution in [2.45, 2.75) is 37.6 Å². The van der Waals surface area contributed by atoms with Gasteiger partial charge < -0.3 is 11.1 Å². The summed E-state index contributed by atoms with van der Waals surface area (Å²) < 4.78 is 1.59. The van der Waals surface area contributed by atoms with Crippen molar-refractivity contribution in [1.29, 1.82) is 0 Å². The number of hydrogen-bond acceptors (Lipinski definition) is 5. The number of carbonyl (C=O) groups is 1. The van der Waals surface area contributed by atoms with Crippen LogP contribution in [0.1, 0.15) is 32.1 Å². The van der Waals surface area contributed by atoms with Crippen molar-refractivity contribution in [3.05, 3.63) is 24.3 Å². The zero-order valence-corrected chi connectivity index (χ0v) is 13.8. The van der Waals surface area contributed by atoms with Gasteiger partial charge in [-0.25, -0.2) is 4.68 Å². The SMILES string of the molecule is Cl.Cn1nnnc1-c1cccc(NC(=O)C2(N)CCCCC2)c1. The number of nitrogens with two attached hydrogens (primary N) is 1. The molecule has 1 aromatic carbocycles. The zero-order valence-electron chi connectivity index (χ0n) is 13.0. The number of amides is 1. The first-order chi connectivity index (χ1) is 10.6. The fourth-order valence-electron chi connectivity index (χ4n) is 2.88. The summed E-state index contributed by atoms with van der Waals surface area (Å²) in [6.45, 7) is 0. The van der Waals surface area contributed by atoms with E-state index in [-0.39, 0.29) is 18.3 Å². The third-order valence-electron chi connectivity index (χ3n) is 4.20. The van der Waals surface area contributed by atoms with Crippen LogP contribution in [0.3, 0.4) is 0 Å². The lowest BCUT2D eigenvalue weighted by Gasteiger charge is -2.31. The molecular weight excluding hydrogens is 316 g/mol. The first-order valence-corrected chi connectivity index (χ1v) is 7.52. The van der Waals surface area contributed by atoms with E-state index in [0.717, 1.165) is 37.7 Å². The van der Waals surface area contributed by atoms with Crippen molar-refractivity contribution in [2.24, 2.45) is 12.8 Å². The molecule has 1 aliphatic rings. The fraction of sp³-hybridized carbons (Fsp3) is 0.467. The second-order valence-electron chi connectivity index (χ2n) is 5.88. The van der Waals surface area contributed by atoms with Crippen molar-refractivity contribution in [2.75, 3.05) is 5.32 Å². The maximum atomic E-state index is 12.5. The Kier molecular flexibility index (Phi) is 5.33. The molecular formula is C15H21ClN6O. The van der Waals surface area contributed by atoms with Crippen molar-refractivity contribution >= 4 is 24.0 Å². The molecule has 0 spiro atoms. The second-order valence-corrected chi connectivity index (χ2v) is 5.88. The van der Waals surface area contributed by atoms with E-state index in [4.69, 9.17) is 5.73 Å². The van der Waals surface area contributed by atoms with Crippen LogP contribution in [-0.2, 0) is 11.8 Å². The van der Waals surface area contributed by atoms with E-state index in [1.165, 1.54) is 0 Å². The molecule has 1 heterocycles. The van der Waals surface area contributed by atoms with Crippen LogP contribution in [0.5, 0.6) is 0 Å². The molecule has 0 radical (unpaired) electrons. The highest BCUT2D eigenvalue weighted by Crippen LogP contribution is 2.28. The first-order valence-electron chi connectivity index (χ1n) is 7.52. The molecule has 0 unspecified atom stereocenters. The number of tetrazole rings is 1. The lowest BCUT2D eigenvalue weighted by molar-refractivity contribution is -0.122. The number of aryl methyl sites for hydroxylation is 1. The minimum atomic E-state index is -0.749. The van der Waals surface area contributed by atoms with E-state index in [1.54, 1.807) is 11.7 Å². The van der Waals surface area contributed by atoms with Gasteiger partial charge in [-0.15, -0.1) is 17.5 Å². The molecule has 124 valence electrons. The maximum Gasteiger partial charge on any atom is 0.244 e. The highest BCUT2D eigenvalue weighted by Gasteiger charge is 2.35. The van der Waals surface area contributed by atoms with Crippen LogP contribution in [-0.4, -0.2) is 31.7 Å². The molecule has 3 rings (SSSR count). The number of nitrogens with one attached hydrogen (secondary N) is 1. The van der Waals surface area contributed by atoms with E-state index < -0.39 is 5.54 Å². The van der Waals surface area contributed by atoms with E-state index in [1.807, 2.05) is 24.3 Å². The summed E-state index contributed by atoms with van der Waals surface area (Å²) in [5, 5.41) is 14.4. The number of anilines is 1. The first kappa shape index (κ1) is 17.4. The molecule has 0 saturated heterocycles. The molecule has 0 atom stereocenters. The molecule has 2 aromatic rings. The predicted octanol–water partition coefficient (Wildman–Crippen LogP) is 1.90. The average molecular weight is 337 g/mol. The summed E-state index contributed by atoms with van der Waals surface area (Å²) in [5.41, 5.74) is 7.07. The highest BCUT2D eigenvalue weighted by molar-refractivity contribution is 5.98. The average Bonchev–Trinajstić information content (AvgIpc) is 2.94. The highest BCUT2D eigenvalue weighted by atomic mass is 35.5. The number of benzene rings is 1. The van der Waals surface area contributed by atoms with Crippen molar-refractivity contribution in [1.82, 2.24) is 20.2 Å². The Bertz CT molecular complexity index is 680. The summed E-state index contributed by atoms with van der Waals surface area (Å²) >= 11 is 0. The van der Waals surface area contributed by atoms with Gasteiger partial charge in [0.1, 0.15) is 0 Å². The summed E-state index contributed by atoms with van der Waals surface area (Å²) in [5.74, 6) is 0.539. The monoisotopic (exact) mass is 336 g/mol. The molecule has 1 amide bonds. The molecule has 23 heavy (non-hydrogen) atoms. The van der Waals surface area contributed by atoms with Crippen LogP contribution in [0.2, 0.25) is 0 Å². The molecule has 1 saturated carbocycles. The minimum absolute atomic E-state index is 0. The Morgan fingerprint density at radius 3 is 2.70 bits per heavy atom. The number of halogens is 1. The molecule has 7 nitrogen and oxygen atoms in total. The number of carbonyl (C=O) groups excluding carboxylic acids is 1. The van der Waals surface area contributed by atoms with Gasteiger partial charge in [-0.05, 0) is 35.4 Å². The summed E-state index contributed by atoms with van der Waals surface area (Å²) in [7, 11) is 1.78. The van der Waals surface area contributed by atoms with Gasteiger partial charge in [0, 0.05) is 18.3 Å². The largest absolute Gasteiger partial charge is 0.324 e. The van der Waals surface area contributed by atoms with Crippen LogP contribution < -0.4 is 11.1 Å². The Hall–Kier alpha value is -1.99. The number of hydrogen-bond donors (Lipinski definition) is 2. The minimum Gasteiger partial charge on any atom is -0.324 e. The van der Waals surface area contributed by atoms with Gasteiger partial charge in [0.15, 0.2) is 5.82 Å². The van der Waals surface area contributed by atoms with Crippen LogP contribution in [0.4, 0.5) is 5.69 Å². The van der Waals surface area contributed by atoms with Gasteiger partial charge >= 0.3 is 0 Å². The second kappa shape index (κ2) is 7.06. The van der Waals surface area contributed by atoms with Crippen molar-refractivity contribution < 1.29 is 4.79 Å². The van der Waals surface area contributed by atoms with Gasteiger partial charge in [0.05, 0.1) is 5.54 Å². The van der Waals surface area contributed by atoms with E-state index >= 15 is 0 Å². The molecule has 3 N–H and O–H groups in total. The van der Waals surface area contributed by atoms with Crippen molar-refractivity contribution in [3.63, 3.8) is 0 Å². The summed E-state index contributed by atoms with van der Waals surface area (Å²) in [6, 6.07) is 7.47. The lowest BCUT2D eigenvalue weighted by Crippen LogP contribution is -2.52. The smallest absolute Gasteiger partial charge is 0.244 e. The van der Waals surface area contributed by atoms with Crippen LogP contribution in [0.15, 0.2) is 24.3 Å². The van der Waals surface area contributed by atoms with Gasteiger partial charge in [-0.3, -0.25) is 4.79 Å². The normalized spacial score (nSPS) is 16.4. The predicted molar refractivity (Wildman–Crippen MR) is 90.1 cm³/mol. The Morgan fingerprint density at radius 1 is 1.30 bits per heavy atom. The van der Waals surface area contributed by atoms with Gasteiger partial charge in [0.2, 0.25) is 5.91 Å². The Labute approximate surface area is 141 Å². The third kappa shape index (κ3) is 3.68. The maximum absolute atomic E-state index is 12.5. The third-order valence-corrected chi connectivity index (χ3v) is 4.20. The van der Waals surface area contributed by atoms with E-state index in [2.05, 4.69) is 20.8 Å². The van der Waals surface area contributed by atoms with Gasteiger partial charge in [0.25, 0.3) is 0 Å². The summed E-state index contributed by atoms with van der Waals surface area (Å²) in [4.78, 5) is 12.5. The molecule has 0 aliphatic heterocycles. The van der Waals surface area contributed by atoms with Gasteiger partial charge in [-0.1, -0.05) is 31.4 Å². The van der Waals surface area contributed by atoms with Crippen LogP contribution in [0, 0.1) is 0 Å². The number of aromatic nitrogens is 4. The van der Waals surface area contributed by atoms with Crippen LogP contribution >= 0.6 is 12.4 Å². The fourth-order valence-corrected chi connectivity index (χ4v) is 2.88. The topological polar surface area (TPSA) is 98.7 Å². The standard InChI is InChI=1S/C15H20N6O.ClH/c1-21-13(18-19-20-21)11-6-5-7-12(10-11)17-14(22)15(16)8-3-2-4-9-15;/h5-7,10H,2-4,8-9,16H2,1H3,(H,17,22);1H. The van der Waals surface area contributed by atoms with E-state index in [0.29, 0.717) is 11.5 Å². The van der Waals surface area contributed by atoms with Crippen LogP contribution in [0.25, 0.3) is 11.4 Å². The molecule has 1 aliphatic carbocycles. The van der Waals surface area contributed by atoms with Crippen molar-refractivity contribution in [3.8, 4) is 11.4 Å². The Morgan fingerprint density at radius 2 is 2.04 bits per heavy atom. The molecule has 8 heteroatoms. The molecule has 0 bridgehead atoms.